The summed E-state index contributed by atoms with van der Waals surface area (Å²) in [7, 11) is 0. The monoisotopic (exact) mass is 381 g/mol. The summed E-state index contributed by atoms with van der Waals surface area (Å²) in [6, 6.07) is 13.8. The molecule has 146 valence electrons. The number of amides is 2. The van der Waals surface area contributed by atoms with E-state index in [1.807, 2.05) is 24.3 Å². The van der Waals surface area contributed by atoms with Crippen molar-refractivity contribution in [1.29, 1.82) is 0 Å². The standard InChI is InChI=1S/C22H24FN3O2/c23-17-5-4-6-20(14-17)26-15-16(13-21(26)27)22(28)24-18-7-9-19(10-8-18)25-11-2-1-3-12-25/h4-10,14,16H,1-3,11-13,15H2,(H,24,28). The topological polar surface area (TPSA) is 52.7 Å². The molecule has 5 nitrogen and oxygen atoms in total. The first-order valence-electron chi connectivity index (χ1n) is 9.82. The van der Waals surface area contributed by atoms with E-state index in [0.29, 0.717) is 5.69 Å². The molecule has 2 fully saturated rings. The second-order valence-electron chi connectivity index (χ2n) is 7.47. The average molecular weight is 381 g/mol. The lowest BCUT2D eigenvalue weighted by atomic mass is 10.1. The van der Waals surface area contributed by atoms with Gasteiger partial charge in [0, 0.05) is 43.1 Å². The Morgan fingerprint density at radius 2 is 1.75 bits per heavy atom. The summed E-state index contributed by atoms with van der Waals surface area (Å²) in [6.45, 7) is 2.41. The highest BCUT2D eigenvalue weighted by Crippen LogP contribution is 2.27. The van der Waals surface area contributed by atoms with Gasteiger partial charge < -0.3 is 15.1 Å². The quantitative estimate of drug-likeness (QED) is 0.876. The SMILES string of the molecule is O=C(Nc1ccc(N2CCCCC2)cc1)C1CC(=O)N(c2cccc(F)c2)C1. The van der Waals surface area contributed by atoms with E-state index < -0.39 is 11.7 Å². The highest BCUT2D eigenvalue weighted by atomic mass is 19.1. The molecule has 1 N–H and O–H groups in total. The second kappa shape index (κ2) is 8.00. The lowest BCUT2D eigenvalue weighted by Crippen LogP contribution is -2.29. The number of benzene rings is 2. The van der Waals surface area contributed by atoms with Crippen LogP contribution >= 0.6 is 0 Å². The third-order valence-corrected chi connectivity index (χ3v) is 5.47. The third kappa shape index (κ3) is 4.01. The zero-order valence-electron chi connectivity index (χ0n) is 15.7. The molecule has 2 saturated heterocycles. The fourth-order valence-electron chi connectivity index (χ4n) is 3.93. The molecule has 0 aromatic heterocycles. The van der Waals surface area contributed by atoms with Crippen molar-refractivity contribution in [1.82, 2.24) is 0 Å². The Bertz CT molecular complexity index is 862. The predicted molar refractivity (Wildman–Crippen MR) is 108 cm³/mol. The normalized spacial score (nSPS) is 19.8. The van der Waals surface area contributed by atoms with Crippen LogP contribution in [0, 0.1) is 11.7 Å². The molecule has 2 aromatic rings. The smallest absolute Gasteiger partial charge is 0.229 e. The fraction of sp³-hybridized carbons (Fsp3) is 0.364. The van der Waals surface area contributed by atoms with Crippen LogP contribution < -0.4 is 15.1 Å². The highest BCUT2D eigenvalue weighted by Gasteiger charge is 2.35. The van der Waals surface area contributed by atoms with Crippen LogP contribution in [0.2, 0.25) is 0 Å². The largest absolute Gasteiger partial charge is 0.372 e. The molecule has 2 aromatic carbocycles. The van der Waals surface area contributed by atoms with E-state index in [-0.39, 0.29) is 24.8 Å². The van der Waals surface area contributed by atoms with Gasteiger partial charge in [-0.05, 0) is 61.7 Å². The molecular formula is C22H24FN3O2. The third-order valence-electron chi connectivity index (χ3n) is 5.47. The number of nitrogens with one attached hydrogen (secondary N) is 1. The summed E-state index contributed by atoms with van der Waals surface area (Å²) in [4.78, 5) is 28.7. The second-order valence-corrected chi connectivity index (χ2v) is 7.47. The van der Waals surface area contributed by atoms with Gasteiger partial charge in [-0.1, -0.05) is 6.07 Å². The van der Waals surface area contributed by atoms with Gasteiger partial charge in [-0.2, -0.15) is 0 Å². The Labute approximate surface area is 164 Å². The number of nitrogens with zero attached hydrogens (tertiary/aromatic N) is 2. The maximum Gasteiger partial charge on any atom is 0.229 e. The Morgan fingerprint density at radius 3 is 2.46 bits per heavy atom. The van der Waals surface area contributed by atoms with Crippen LogP contribution in [-0.2, 0) is 9.59 Å². The molecule has 1 unspecified atom stereocenters. The van der Waals surface area contributed by atoms with Crippen molar-refractivity contribution in [3.8, 4) is 0 Å². The van der Waals surface area contributed by atoms with Gasteiger partial charge in [0.05, 0.1) is 5.92 Å². The first-order chi connectivity index (χ1) is 13.6. The summed E-state index contributed by atoms with van der Waals surface area (Å²) in [5.41, 5.74) is 2.39. The van der Waals surface area contributed by atoms with Crippen molar-refractivity contribution in [3.63, 3.8) is 0 Å². The first kappa shape index (κ1) is 18.5. The summed E-state index contributed by atoms with van der Waals surface area (Å²) in [6.07, 6.45) is 3.86. The molecule has 0 saturated carbocycles. The van der Waals surface area contributed by atoms with E-state index in [9.17, 15) is 14.0 Å². The molecule has 1 atom stereocenters. The van der Waals surface area contributed by atoms with Crippen LogP contribution in [0.15, 0.2) is 48.5 Å². The molecule has 0 spiro atoms. The van der Waals surface area contributed by atoms with Gasteiger partial charge >= 0.3 is 0 Å². The Balaban J connectivity index is 1.38. The molecule has 28 heavy (non-hydrogen) atoms. The van der Waals surface area contributed by atoms with Gasteiger partial charge in [-0.3, -0.25) is 9.59 Å². The zero-order valence-corrected chi connectivity index (χ0v) is 15.7. The minimum Gasteiger partial charge on any atom is -0.372 e. The number of rotatable bonds is 4. The summed E-state index contributed by atoms with van der Waals surface area (Å²) >= 11 is 0. The van der Waals surface area contributed by atoms with E-state index in [4.69, 9.17) is 0 Å². The van der Waals surface area contributed by atoms with Gasteiger partial charge in [-0.15, -0.1) is 0 Å². The van der Waals surface area contributed by atoms with Crippen molar-refractivity contribution in [2.45, 2.75) is 25.7 Å². The minimum atomic E-state index is -0.447. The van der Waals surface area contributed by atoms with Gasteiger partial charge in [0.15, 0.2) is 0 Å². The summed E-state index contributed by atoms with van der Waals surface area (Å²) < 4.78 is 13.4. The van der Waals surface area contributed by atoms with E-state index >= 15 is 0 Å². The number of piperidine rings is 1. The highest BCUT2D eigenvalue weighted by molar-refractivity contribution is 6.03. The van der Waals surface area contributed by atoms with E-state index in [2.05, 4.69) is 10.2 Å². The van der Waals surface area contributed by atoms with Crippen molar-refractivity contribution >= 4 is 28.9 Å². The van der Waals surface area contributed by atoms with E-state index in [0.717, 1.165) is 18.8 Å². The molecular weight excluding hydrogens is 357 g/mol. The van der Waals surface area contributed by atoms with Crippen molar-refractivity contribution in [2.75, 3.05) is 34.8 Å². The maximum absolute atomic E-state index is 13.4. The van der Waals surface area contributed by atoms with Crippen LogP contribution in [-0.4, -0.2) is 31.4 Å². The van der Waals surface area contributed by atoms with Crippen molar-refractivity contribution < 1.29 is 14.0 Å². The molecule has 6 heteroatoms. The van der Waals surface area contributed by atoms with Crippen LogP contribution in [0.4, 0.5) is 21.5 Å². The predicted octanol–water partition coefficient (Wildman–Crippen LogP) is 3.81. The zero-order chi connectivity index (χ0) is 19.5. The van der Waals surface area contributed by atoms with Crippen LogP contribution in [0.1, 0.15) is 25.7 Å². The number of hydrogen-bond acceptors (Lipinski definition) is 3. The lowest BCUT2D eigenvalue weighted by Gasteiger charge is -2.28. The number of carbonyl (C=O) groups is 2. The Hall–Kier alpha value is -2.89. The number of carbonyl (C=O) groups excluding carboxylic acids is 2. The molecule has 2 amide bonds. The van der Waals surface area contributed by atoms with Crippen LogP contribution in [0.3, 0.4) is 0 Å². The number of anilines is 3. The van der Waals surface area contributed by atoms with E-state index in [1.54, 1.807) is 12.1 Å². The van der Waals surface area contributed by atoms with E-state index in [1.165, 1.54) is 42.0 Å². The molecule has 0 radical (unpaired) electrons. The number of halogens is 1. The Morgan fingerprint density at radius 1 is 1.00 bits per heavy atom. The molecule has 0 aliphatic carbocycles. The van der Waals surface area contributed by atoms with Crippen molar-refractivity contribution in [3.05, 3.63) is 54.3 Å². The lowest BCUT2D eigenvalue weighted by molar-refractivity contribution is -0.122. The van der Waals surface area contributed by atoms with Gasteiger partial charge in [0.25, 0.3) is 0 Å². The number of hydrogen-bond donors (Lipinski definition) is 1. The molecule has 2 heterocycles. The van der Waals surface area contributed by atoms with Gasteiger partial charge in [0.2, 0.25) is 11.8 Å². The molecule has 2 aliphatic rings. The summed E-state index contributed by atoms with van der Waals surface area (Å²) in [5.74, 6) is -1.19. The minimum absolute atomic E-state index is 0.133. The Kier molecular flexibility index (Phi) is 5.28. The maximum atomic E-state index is 13.4. The molecule has 0 bridgehead atoms. The van der Waals surface area contributed by atoms with Crippen LogP contribution in [0.25, 0.3) is 0 Å². The van der Waals surface area contributed by atoms with Crippen LogP contribution in [0.5, 0.6) is 0 Å². The fourth-order valence-corrected chi connectivity index (χ4v) is 3.93. The van der Waals surface area contributed by atoms with Gasteiger partial charge in [0.1, 0.15) is 5.82 Å². The van der Waals surface area contributed by atoms with Gasteiger partial charge in [-0.25, -0.2) is 4.39 Å². The van der Waals surface area contributed by atoms with Crippen molar-refractivity contribution in [2.24, 2.45) is 5.92 Å². The molecule has 4 rings (SSSR count). The summed E-state index contributed by atoms with van der Waals surface area (Å²) in [5, 5.41) is 2.91. The molecule has 2 aliphatic heterocycles. The average Bonchev–Trinajstić information content (AvgIpc) is 3.11. The first-order valence-corrected chi connectivity index (χ1v) is 9.82.